The average Bonchev–Trinajstić information content (AvgIpc) is 2.74. The summed E-state index contributed by atoms with van der Waals surface area (Å²) in [6, 6.07) is 8.40. The maximum atomic E-state index is 13.9. The van der Waals surface area contributed by atoms with Crippen LogP contribution in [0.2, 0.25) is 5.02 Å². The molecule has 0 radical (unpaired) electrons. The van der Waals surface area contributed by atoms with Crippen LogP contribution in [-0.2, 0) is 12.7 Å². The number of hydrogen-bond acceptors (Lipinski definition) is 4. The van der Waals surface area contributed by atoms with E-state index in [1.54, 1.807) is 6.07 Å². The summed E-state index contributed by atoms with van der Waals surface area (Å²) in [7, 11) is 0. The lowest BCUT2D eigenvalue weighted by atomic mass is 10.1. The van der Waals surface area contributed by atoms with Crippen molar-refractivity contribution in [2.45, 2.75) is 39.4 Å². The Morgan fingerprint density at radius 1 is 1.16 bits per heavy atom. The number of alkyl halides is 3. The Bertz CT molecular complexity index is 1160. The molecule has 0 saturated heterocycles. The van der Waals surface area contributed by atoms with Gasteiger partial charge in [-0.2, -0.15) is 13.2 Å². The van der Waals surface area contributed by atoms with E-state index in [1.807, 2.05) is 13.8 Å². The van der Waals surface area contributed by atoms with Gasteiger partial charge in [0.15, 0.2) is 5.58 Å². The van der Waals surface area contributed by atoms with Crippen molar-refractivity contribution in [3.05, 3.63) is 63.0 Å². The molecule has 0 aliphatic heterocycles. The molecule has 1 aromatic heterocycles. The highest BCUT2D eigenvalue weighted by Crippen LogP contribution is 2.40. The lowest BCUT2D eigenvalue weighted by Gasteiger charge is -2.19. The predicted octanol–water partition coefficient (Wildman–Crippen LogP) is 5.17. The zero-order chi connectivity index (χ0) is 23.5. The molecule has 2 N–H and O–H groups in total. The zero-order valence-corrected chi connectivity index (χ0v) is 18.4. The van der Waals surface area contributed by atoms with E-state index >= 15 is 0 Å². The Morgan fingerprint density at radius 3 is 2.50 bits per heavy atom. The molecule has 3 rings (SSSR count). The van der Waals surface area contributed by atoms with E-state index in [-0.39, 0.29) is 39.6 Å². The highest BCUT2D eigenvalue weighted by molar-refractivity contribution is 6.32. The second-order valence-corrected chi connectivity index (χ2v) is 7.85. The topological polar surface area (TPSA) is 64.1 Å². The molecule has 0 aliphatic carbocycles. The van der Waals surface area contributed by atoms with Gasteiger partial charge in [-0.15, -0.1) is 0 Å². The van der Waals surface area contributed by atoms with Crippen LogP contribution >= 0.6 is 11.6 Å². The first-order chi connectivity index (χ1) is 15.2. The molecule has 0 spiro atoms. The van der Waals surface area contributed by atoms with Crippen molar-refractivity contribution in [3.63, 3.8) is 0 Å². The van der Waals surface area contributed by atoms with Crippen LogP contribution in [0.5, 0.6) is 17.2 Å². The SMILES string of the molecule is CCCC[NH+](CC)Cc1c(O)ccc2c(=O)c(Oc3ccccc3Cl)c(C(F)(F)F)oc12. The van der Waals surface area contributed by atoms with Crippen molar-refractivity contribution in [2.24, 2.45) is 0 Å². The molecule has 1 heterocycles. The fourth-order valence-corrected chi connectivity index (χ4v) is 3.62. The summed E-state index contributed by atoms with van der Waals surface area (Å²) >= 11 is 6.00. The number of aromatic hydroxyl groups is 1. The highest BCUT2D eigenvalue weighted by Gasteiger charge is 2.41. The van der Waals surface area contributed by atoms with Crippen molar-refractivity contribution in [1.82, 2.24) is 0 Å². The molecule has 5 nitrogen and oxygen atoms in total. The van der Waals surface area contributed by atoms with Gasteiger partial charge in [-0.25, -0.2) is 0 Å². The Kier molecular flexibility index (Phi) is 7.36. The second-order valence-electron chi connectivity index (χ2n) is 7.44. The number of unbranched alkanes of at least 4 members (excludes halogenated alkanes) is 1. The molecular weight excluding hydrogens is 447 g/mol. The van der Waals surface area contributed by atoms with Crippen LogP contribution in [0.1, 0.15) is 38.0 Å². The zero-order valence-electron chi connectivity index (χ0n) is 17.7. The number of hydrogen-bond donors (Lipinski definition) is 2. The maximum Gasteiger partial charge on any atom is 0.453 e. The number of ether oxygens (including phenoxy) is 1. The monoisotopic (exact) mass is 470 g/mol. The summed E-state index contributed by atoms with van der Waals surface area (Å²) in [6.07, 6.45) is -3.13. The second kappa shape index (κ2) is 9.83. The Labute approximate surface area is 188 Å². The molecule has 0 fully saturated rings. The third-order valence-corrected chi connectivity index (χ3v) is 5.53. The molecular formula is C23H24ClF3NO4+. The molecule has 2 aromatic carbocycles. The van der Waals surface area contributed by atoms with Gasteiger partial charge in [-0.05, 0) is 37.6 Å². The summed E-state index contributed by atoms with van der Waals surface area (Å²) in [4.78, 5) is 14.1. The van der Waals surface area contributed by atoms with Gasteiger partial charge < -0.3 is 19.2 Å². The van der Waals surface area contributed by atoms with Gasteiger partial charge in [0, 0.05) is 0 Å². The molecule has 1 unspecified atom stereocenters. The lowest BCUT2D eigenvalue weighted by molar-refractivity contribution is -0.912. The molecule has 0 saturated carbocycles. The Balaban J connectivity index is 2.21. The molecule has 1 atom stereocenters. The quantitative estimate of drug-likeness (QED) is 0.477. The smallest absolute Gasteiger partial charge is 0.453 e. The number of quaternary nitrogens is 1. The van der Waals surface area contributed by atoms with Crippen LogP contribution in [0.4, 0.5) is 13.2 Å². The van der Waals surface area contributed by atoms with Crippen molar-refractivity contribution < 1.29 is 32.3 Å². The van der Waals surface area contributed by atoms with Crippen molar-refractivity contribution in [1.29, 1.82) is 0 Å². The number of phenolic OH excluding ortho intramolecular Hbond substituents is 1. The largest absolute Gasteiger partial charge is 0.507 e. The first-order valence-electron chi connectivity index (χ1n) is 10.3. The average molecular weight is 471 g/mol. The van der Waals surface area contributed by atoms with Gasteiger partial charge in [-0.1, -0.05) is 37.1 Å². The van der Waals surface area contributed by atoms with Crippen LogP contribution in [-0.4, -0.2) is 18.2 Å². The number of rotatable bonds is 8. The van der Waals surface area contributed by atoms with Crippen LogP contribution in [0.15, 0.2) is 45.6 Å². The minimum Gasteiger partial charge on any atom is -0.507 e. The van der Waals surface area contributed by atoms with Gasteiger partial charge in [0.1, 0.15) is 18.0 Å². The van der Waals surface area contributed by atoms with Gasteiger partial charge in [0.25, 0.3) is 5.76 Å². The van der Waals surface area contributed by atoms with E-state index in [9.17, 15) is 23.1 Å². The normalized spacial score (nSPS) is 12.8. The van der Waals surface area contributed by atoms with Crippen LogP contribution in [0.25, 0.3) is 11.0 Å². The standard InChI is InChI=1S/C23H23ClF3NO4/c1-3-5-12-28(4-2)13-15-17(29)11-10-14-19(30)21(22(23(25,26)27)32-20(14)15)31-18-9-7-6-8-16(18)24/h6-11,29H,3-5,12-13H2,1-2H3/p+1. The number of para-hydroxylation sites is 1. The van der Waals surface area contributed by atoms with Gasteiger partial charge >= 0.3 is 6.18 Å². The number of phenols is 1. The number of fused-ring (bicyclic) bond motifs is 1. The summed E-state index contributed by atoms with van der Waals surface area (Å²) in [5.74, 6) is -2.91. The molecule has 0 amide bonds. The minimum atomic E-state index is -5.01. The summed E-state index contributed by atoms with van der Waals surface area (Å²) < 4.78 is 52.2. The Hall–Kier alpha value is -2.71. The van der Waals surface area contributed by atoms with E-state index in [0.29, 0.717) is 6.54 Å². The fourth-order valence-electron chi connectivity index (χ4n) is 3.44. The first-order valence-corrected chi connectivity index (χ1v) is 10.7. The van der Waals surface area contributed by atoms with E-state index in [4.69, 9.17) is 20.8 Å². The van der Waals surface area contributed by atoms with E-state index in [0.717, 1.165) is 24.3 Å². The molecule has 172 valence electrons. The highest BCUT2D eigenvalue weighted by atomic mass is 35.5. The van der Waals surface area contributed by atoms with Crippen LogP contribution in [0, 0.1) is 0 Å². The van der Waals surface area contributed by atoms with E-state index in [1.165, 1.54) is 30.3 Å². The molecule has 0 bridgehead atoms. The molecule has 0 aliphatic rings. The molecule has 32 heavy (non-hydrogen) atoms. The van der Waals surface area contributed by atoms with Crippen molar-refractivity contribution in [2.75, 3.05) is 13.1 Å². The summed E-state index contributed by atoms with van der Waals surface area (Å²) in [5, 5.41) is 10.3. The van der Waals surface area contributed by atoms with Gasteiger partial charge in [0.05, 0.1) is 29.1 Å². The van der Waals surface area contributed by atoms with Gasteiger partial charge in [-0.3, -0.25) is 4.79 Å². The predicted molar refractivity (Wildman–Crippen MR) is 116 cm³/mol. The van der Waals surface area contributed by atoms with Crippen LogP contribution in [0.3, 0.4) is 0 Å². The van der Waals surface area contributed by atoms with E-state index < -0.39 is 23.1 Å². The number of nitrogens with one attached hydrogen (secondary N) is 1. The number of benzene rings is 2. The third kappa shape index (κ3) is 5.02. The third-order valence-electron chi connectivity index (χ3n) is 5.21. The molecule has 3 aromatic rings. The Morgan fingerprint density at radius 2 is 1.88 bits per heavy atom. The molecule has 9 heteroatoms. The maximum absolute atomic E-state index is 13.9. The minimum absolute atomic E-state index is 0.0460. The number of halogens is 4. The first kappa shape index (κ1) is 23.9. The van der Waals surface area contributed by atoms with Crippen molar-refractivity contribution in [3.8, 4) is 17.2 Å². The summed E-state index contributed by atoms with van der Waals surface area (Å²) in [6.45, 7) is 5.66. The van der Waals surface area contributed by atoms with Crippen molar-refractivity contribution >= 4 is 22.6 Å². The fraction of sp³-hybridized carbons (Fsp3) is 0.348. The van der Waals surface area contributed by atoms with Crippen LogP contribution < -0.4 is 15.1 Å². The lowest BCUT2D eigenvalue weighted by Crippen LogP contribution is -3.10. The summed E-state index contributed by atoms with van der Waals surface area (Å²) in [5.41, 5.74) is -1.13. The van der Waals surface area contributed by atoms with E-state index in [2.05, 4.69) is 0 Å². The van der Waals surface area contributed by atoms with Gasteiger partial charge in [0.2, 0.25) is 11.2 Å².